The van der Waals surface area contributed by atoms with Crippen LogP contribution in [-0.4, -0.2) is 10.1 Å². The Hall–Kier alpha value is -0.670. The first-order chi connectivity index (χ1) is 7.27. The molecule has 0 bridgehead atoms. The maximum absolute atomic E-state index is 10.2. The molecule has 1 N–H and O–H groups in total. The molecule has 3 heteroatoms. The standard InChI is InChI=1S/C12H17NOS/c1-9-13-11(8-15-9)12(14)10-6-4-2-3-5-7-10/h6,8,12,14H,2-5,7H2,1H3. The third-order valence-electron chi connectivity index (χ3n) is 2.84. The molecule has 0 fully saturated rings. The molecule has 15 heavy (non-hydrogen) atoms. The van der Waals surface area contributed by atoms with Crippen LogP contribution < -0.4 is 0 Å². The number of aryl methyl sites for hydroxylation is 1. The van der Waals surface area contributed by atoms with E-state index in [1.54, 1.807) is 11.3 Å². The summed E-state index contributed by atoms with van der Waals surface area (Å²) in [7, 11) is 0. The van der Waals surface area contributed by atoms with Crippen LogP contribution in [0.5, 0.6) is 0 Å². The predicted molar refractivity (Wildman–Crippen MR) is 63.0 cm³/mol. The molecule has 0 saturated heterocycles. The van der Waals surface area contributed by atoms with Gasteiger partial charge in [0.2, 0.25) is 0 Å². The van der Waals surface area contributed by atoms with Crippen LogP contribution in [0.15, 0.2) is 17.0 Å². The Morgan fingerprint density at radius 2 is 2.27 bits per heavy atom. The Morgan fingerprint density at radius 1 is 1.40 bits per heavy atom. The predicted octanol–water partition coefficient (Wildman–Crippen LogP) is 3.38. The molecule has 0 radical (unpaired) electrons. The van der Waals surface area contributed by atoms with E-state index >= 15 is 0 Å². The fourth-order valence-electron chi connectivity index (χ4n) is 1.98. The van der Waals surface area contributed by atoms with Gasteiger partial charge in [-0.3, -0.25) is 0 Å². The zero-order chi connectivity index (χ0) is 10.7. The van der Waals surface area contributed by atoms with Crippen LogP contribution in [-0.2, 0) is 0 Å². The maximum Gasteiger partial charge on any atom is 0.118 e. The molecule has 0 amide bonds. The van der Waals surface area contributed by atoms with E-state index in [2.05, 4.69) is 11.1 Å². The Morgan fingerprint density at radius 3 is 3.00 bits per heavy atom. The van der Waals surface area contributed by atoms with Crippen molar-refractivity contribution in [2.24, 2.45) is 0 Å². The summed E-state index contributed by atoms with van der Waals surface area (Å²) < 4.78 is 0. The minimum Gasteiger partial charge on any atom is -0.382 e. The van der Waals surface area contributed by atoms with E-state index in [0.29, 0.717) is 0 Å². The summed E-state index contributed by atoms with van der Waals surface area (Å²) in [5, 5.41) is 13.1. The number of hydrogen-bond donors (Lipinski definition) is 1. The number of thiazole rings is 1. The van der Waals surface area contributed by atoms with Crippen molar-refractivity contribution in [2.45, 2.75) is 45.1 Å². The van der Waals surface area contributed by atoms with E-state index in [4.69, 9.17) is 0 Å². The van der Waals surface area contributed by atoms with Crippen LogP contribution >= 0.6 is 11.3 Å². The molecule has 1 unspecified atom stereocenters. The largest absolute Gasteiger partial charge is 0.382 e. The summed E-state index contributed by atoms with van der Waals surface area (Å²) in [5.74, 6) is 0. The summed E-state index contributed by atoms with van der Waals surface area (Å²) in [6.07, 6.45) is 7.61. The molecule has 2 nitrogen and oxygen atoms in total. The van der Waals surface area contributed by atoms with Crippen molar-refractivity contribution >= 4 is 11.3 Å². The molecule has 1 aliphatic rings. The van der Waals surface area contributed by atoms with Crippen LogP contribution in [0.3, 0.4) is 0 Å². The molecule has 1 aromatic heterocycles. The Labute approximate surface area is 94.7 Å². The average Bonchev–Trinajstić information content (AvgIpc) is 2.53. The third kappa shape index (κ3) is 2.67. The summed E-state index contributed by atoms with van der Waals surface area (Å²) in [6, 6.07) is 0. The van der Waals surface area contributed by atoms with Gasteiger partial charge in [0, 0.05) is 5.38 Å². The normalized spacial score (nSPS) is 19.5. The van der Waals surface area contributed by atoms with Gasteiger partial charge in [-0.1, -0.05) is 12.5 Å². The lowest BCUT2D eigenvalue weighted by molar-refractivity contribution is 0.206. The minimum atomic E-state index is -0.465. The van der Waals surface area contributed by atoms with Crippen molar-refractivity contribution in [3.63, 3.8) is 0 Å². The quantitative estimate of drug-likeness (QED) is 0.780. The summed E-state index contributed by atoms with van der Waals surface area (Å²) in [4.78, 5) is 4.34. The highest BCUT2D eigenvalue weighted by molar-refractivity contribution is 7.09. The fraction of sp³-hybridized carbons (Fsp3) is 0.583. The van der Waals surface area contributed by atoms with Crippen LogP contribution in [0, 0.1) is 6.92 Å². The van der Waals surface area contributed by atoms with Crippen molar-refractivity contribution in [3.05, 3.63) is 27.7 Å². The molecule has 0 spiro atoms. The molecule has 1 heterocycles. The van der Waals surface area contributed by atoms with Gasteiger partial charge in [0.25, 0.3) is 0 Å². The molecular weight excluding hydrogens is 206 g/mol. The van der Waals surface area contributed by atoms with Gasteiger partial charge >= 0.3 is 0 Å². The molecule has 0 aromatic carbocycles. The highest BCUT2D eigenvalue weighted by Crippen LogP contribution is 2.29. The van der Waals surface area contributed by atoms with E-state index in [9.17, 15) is 5.11 Å². The molecule has 0 aliphatic heterocycles. The van der Waals surface area contributed by atoms with Crippen molar-refractivity contribution in [2.75, 3.05) is 0 Å². The van der Waals surface area contributed by atoms with E-state index in [-0.39, 0.29) is 0 Å². The lowest BCUT2D eigenvalue weighted by atomic mass is 10.0. The van der Waals surface area contributed by atoms with E-state index in [1.807, 2.05) is 12.3 Å². The van der Waals surface area contributed by atoms with Gasteiger partial charge < -0.3 is 5.11 Å². The highest BCUT2D eigenvalue weighted by Gasteiger charge is 2.16. The molecule has 1 atom stereocenters. The summed E-state index contributed by atoms with van der Waals surface area (Å²) >= 11 is 1.60. The minimum absolute atomic E-state index is 0.465. The van der Waals surface area contributed by atoms with Crippen molar-refractivity contribution in [1.29, 1.82) is 0 Å². The average molecular weight is 223 g/mol. The number of aliphatic hydroxyl groups is 1. The van der Waals surface area contributed by atoms with E-state index in [0.717, 1.165) is 29.1 Å². The number of aliphatic hydroxyl groups excluding tert-OH is 1. The first-order valence-corrected chi connectivity index (χ1v) is 6.44. The van der Waals surface area contributed by atoms with Gasteiger partial charge in [-0.2, -0.15) is 0 Å². The van der Waals surface area contributed by atoms with Gasteiger partial charge in [-0.05, 0) is 38.2 Å². The maximum atomic E-state index is 10.2. The van der Waals surface area contributed by atoms with Crippen LogP contribution in [0.25, 0.3) is 0 Å². The number of nitrogens with zero attached hydrogens (tertiary/aromatic N) is 1. The van der Waals surface area contributed by atoms with E-state index < -0.39 is 6.10 Å². The fourth-order valence-corrected chi connectivity index (χ4v) is 2.61. The zero-order valence-corrected chi connectivity index (χ0v) is 9.89. The lowest BCUT2D eigenvalue weighted by Crippen LogP contribution is -2.02. The van der Waals surface area contributed by atoms with Crippen LogP contribution in [0.2, 0.25) is 0 Å². The lowest BCUT2D eigenvalue weighted by Gasteiger charge is -2.11. The van der Waals surface area contributed by atoms with Crippen LogP contribution in [0.1, 0.15) is 48.9 Å². The third-order valence-corrected chi connectivity index (χ3v) is 3.64. The smallest absolute Gasteiger partial charge is 0.118 e. The summed E-state index contributed by atoms with van der Waals surface area (Å²) in [6.45, 7) is 1.97. The van der Waals surface area contributed by atoms with Gasteiger partial charge in [0.1, 0.15) is 6.10 Å². The zero-order valence-electron chi connectivity index (χ0n) is 9.07. The van der Waals surface area contributed by atoms with Gasteiger partial charge in [0.15, 0.2) is 0 Å². The number of hydrogen-bond acceptors (Lipinski definition) is 3. The number of aromatic nitrogens is 1. The second-order valence-electron chi connectivity index (χ2n) is 4.07. The van der Waals surface area contributed by atoms with Crippen molar-refractivity contribution < 1.29 is 5.11 Å². The molecule has 1 aromatic rings. The van der Waals surface area contributed by atoms with E-state index in [1.165, 1.54) is 19.3 Å². The second kappa shape index (κ2) is 4.90. The SMILES string of the molecule is Cc1nc(C(O)C2=CCCCCC2)cs1. The van der Waals surface area contributed by atoms with Crippen molar-refractivity contribution in [3.8, 4) is 0 Å². The first-order valence-electron chi connectivity index (χ1n) is 5.56. The summed E-state index contributed by atoms with van der Waals surface area (Å²) in [5.41, 5.74) is 1.99. The topological polar surface area (TPSA) is 33.1 Å². The first kappa shape index (κ1) is 10.8. The molecular formula is C12H17NOS. The van der Waals surface area contributed by atoms with Gasteiger partial charge in [-0.15, -0.1) is 11.3 Å². The van der Waals surface area contributed by atoms with Crippen LogP contribution in [0.4, 0.5) is 0 Å². The highest BCUT2D eigenvalue weighted by atomic mass is 32.1. The number of rotatable bonds is 2. The molecule has 2 rings (SSSR count). The molecule has 82 valence electrons. The Bertz CT molecular complexity index is 356. The second-order valence-corrected chi connectivity index (χ2v) is 5.13. The Balaban J connectivity index is 2.12. The molecule has 1 aliphatic carbocycles. The monoisotopic (exact) mass is 223 g/mol. The molecule has 0 saturated carbocycles. The van der Waals surface area contributed by atoms with Gasteiger partial charge in [-0.25, -0.2) is 4.98 Å². The van der Waals surface area contributed by atoms with Gasteiger partial charge in [0.05, 0.1) is 10.7 Å². The number of allylic oxidation sites excluding steroid dienone is 1. The Kier molecular flexibility index (Phi) is 3.54. The van der Waals surface area contributed by atoms with Crippen molar-refractivity contribution in [1.82, 2.24) is 4.98 Å².